The molecule has 1 fully saturated rings. The van der Waals surface area contributed by atoms with Crippen LogP contribution < -0.4 is 5.73 Å². The fourth-order valence-corrected chi connectivity index (χ4v) is 1.96. The van der Waals surface area contributed by atoms with E-state index in [1.54, 1.807) is 0 Å². The smallest absolute Gasteiger partial charge is 0.256 e. The molecule has 2 rings (SSSR count). The predicted molar refractivity (Wildman–Crippen MR) is 66.8 cm³/mol. The Hall–Kier alpha value is -1.20. The molecule has 0 bridgehead atoms. The number of rotatable bonds is 1. The number of nitrogens with zero attached hydrogens (tertiary/aromatic N) is 1. The van der Waals surface area contributed by atoms with Gasteiger partial charge >= 0.3 is 0 Å². The number of benzene rings is 1. The van der Waals surface area contributed by atoms with Gasteiger partial charge in [0.2, 0.25) is 0 Å². The summed E-state index contributed by atoms with van der Waals surface area (Å²) in [6.07, 6.45) is 0.716. The first-order valence-corrected chi connectivity index (χ1v) is 5.49. The van der Waals surface area contributed by atoms with E-state index < -0.39 is 17.5 Å². The Morgan fingerprint density at radius 1 is 1.39 bits per heavy atom. The second kappa shape index (κ2) is 5.63. The lowest BCUT2D eigenvalue weighted by Crippen LogP contribution is -2.32. The summed E-state index contributed by atoms with van der Waals surface area (Å²) in [7, 11) is 0. The SMILES string of the molecule is Cc1cc(C(=O)N2CCC(N)C2)c(F)cc1F.Cl. The first-order chi connectivity index (χ1) is 7.99. The molecule has 1 heterocycles. The molecule has 0 saturated carbocycles. The maximum atomic E-state index is 13.5. The summed E-state index contributed by atoms with van der Waals surface area (Å²) >= 11 is 0. The standard InChI is InChI=1S/C12H14F2N2O.ClH/c1-7-4-9(11(14)5-10(7)13)12(17)16-3-2-8(15)6-16;/h4-5,8H,2-3,6,15H2,1H3;1H. The zero-order valence-corrected chi connectivity index (χ0v) is 10.8. The Balaban J connectivity index is 0.00000162. The van der Waals surface area contributed by atoms with Gasteiger partial charge in [-0.15, -0.1) is 12.4 Å². The van der Waals surface area contributed by atoms with Gasteiger partial charge in [-0.25, -0.2) is 8.78 Å². The number of hydrogen-bond acceptors (Lipinski definition) is 2. The Labute approximate surface area is 110 Å². The molecule has 1 aliphatic heterocycles. The van der Waals surface area contributed by atoms with Gasteiger partial charge in [0, 0.05) is 25.2 Å². The first-order valence-electron chi connectivity index (χ1n) is 5.49. The molecule has 100 valence electrons. The molecule has 1 amide bonds. The van der Waals surface area contributed by atoms with Gasteiger partial charge < -0.3 is 10.6 Å². The molecule has 0 aromatic heterocycles. The molecule has 0 spiro atoms. The van der Waals surface area contributed by atoms with Gasteiger partial charge in [-0.2, -0.15) is 0 Å². The van der Waals surface area contributed by atoms with Crippen molar-refractivity contribution in [1.29, 1.82) is 0 Å². The fraction of sp³-hybridized carbons (Fsp3) is 0.417. The summed E-state index contributed by atoms with van der Waals surface area (Å²) < 4.78 is 26.6. The third-order valence-electron chi connectivity index (χ3n) is 2.99. The highest BCUT2D eigenvalue weighted by molar-refractivity contribution is 5.94. The van der Waals surface area contributed by atoms with Crippen molar-refractivity contribution < 1.29 is 13.6 Å². The molecule has 1 saturated heterocycles. The highest BCUT2D eigenvalue weighted by Crippen LogP contribution is 2.18. The average Bonchev–Trinajstić information content (AvgIpc) is 2.69. The van der Waals surface area contributed by atoms with Crippen molar-refractivity contribution in [3.05, 3.63) is 34.9 Å². The molecular formula is C12H15ClF2N2O. The minimum absolute atomic E-state index is 0. The average molecular weight is 277 g/mol. The van der Waals surface area contributed by atoms with E-state index >= 15 is 0 Å². The summed E-state index contributed by atoms with van der Waals surface area (Å²) in [5.74, 6) is -1.88. The molecule has 1 aliphatic rings. The second-order valence-corrected chi connectivity index (χ2v) is 4.38. The van der Waals surface area contributed by atoms with Crippen molar-refractivity contribution in [3.8, 4) is 0 Å². The summed E-state index contributed by atoms with van der Waals surface area (Å²) in [5.41, 5.74) is 5.86. The van der Waals surface area contributed by atoms with Gasteiger partial charge in [0.1, 0.15) is 11.6 Å². The number of likely N-dealkylation sites (tertiary alicyclic amines) is 1. The van der Waals surface area contributed by atoms with Crippen molar-refractivity contribution in [1.82, 2.24) is 4.90 Å². The number of amides is 1. The fourth-order valence-electron chi connectivity index (χ4n) is 1.96. The van der Waals surface area contributed by atoms with E-state index in [2.05, 4.69) is 0 Å². The Kier molecular flexibility index (Phi) is 4.65. The van der Waals surface area contributed by atoms with Crippen LogP contribution >= 0.6 is 12.4 Å². The first kappa shape index (κ1) is 14.9. The normalized spacial score (nSPS) is 18.7. The summed E-state index contributed by atoms with van der Waals surface area (Å²) in [6, 6.07) is 1.94. The van der Waals surface area contributed by atoms with E-state index in [0.717, 1.165) is 6.07 Å². The van der Waals surface area contributed by atoms with Gasteiger partial charge in [0.05, 0.1) is 5.56 Å². The lowest BCUT2D eigenvalue weighted by molar-refractivity contribution is 0.0786. The third-order valence-corrected chi connectivity index (χ3v) is 2.99. The van der Waals surface area contributed by atoms with Crippen LogP contribution in [0.2, 0.25) is 0 Å². The zero-order valence-electron chi connectivity index (χ0n) is 9.95. The predicted octanol–water partition coefficient (Wildman–Crippen LogP) is 1.87. The number of carbonyl (C=O) groups excluding carboxylic acids is 1. The number of halogens is 3. The molecule has 1 aromatic rings. The van der Waals surface area contributed by atoms with Crippen LogP contribution in [0, 0.1) is 18.6 Å². The van der Waals surface area contributed by atoms with E-state index in [4.69, 9.17) is 5.73 Å². The number of hydrogen-bond donors (Lipinski definition) is 1. The van der Waals surface area contributed by atoms with Crippen molar-refractivity contribution in [2.24, 2.45) is 5.73 Å². The third kappa shape index (κ3) is 2.79. The second-order valence-electron chi connectivity index (χ2n) is 4.38. The largest absolute Gasteiger partial charge is 0.337 e. The minimum Gasteiger partial charge on any atom is -0.337 e. The van der Waals surface area contributed by atoms with E-state index in [1.807, 2.05) is 0 Å². The lowest BCUT2D eigenvalue weighted by Gasteiger charge is -2.16. The molecule has 0 aliphatic carbocycles. The monoisotopic (exact) mass is 276 g/mol. The maximum absolute atomic E-state index is 13.5. The van der Waals surface area contributed by atoms with Crippen molar-refractivity contribution in [2.75, 3.05) is 13.1 Å². The quantitative estimate of drug-likeness (QED) is 0.851. The van der Waals surface area contributed by atoms with Gasteiger partial charge in [-0.3, -0.25) is 4.79 Å². The maximum Gasteiger partial charge on any atom is 0.256 e. The molecule has 0 radical (unpaired) electrons. The zero-order chi connectivity index (χ0) is 12.6. The highest BCUT2D eigenvalue weighted by atomic mass is 35.5. The van der Waals surface area contributed by atoms with E-state index in [0.29, 0.717) is 19.5 Å². The van der Waals surface area contributed by atoms with Gasteiger partial charge in [0.25, 0.3) is 5.91 Å². The van der Waals surface area contributed by atoms with Crippen molar-refractivity contribution in [3.63, 3.8) is 0 Å². The summed E-state index contributed by atoms with van der Waals surface area (Å²) in [6.45, 7) is 2.45. The molecule has 1 unspecified atom stereocenters. The molecule has 2 N–H and O–H groups in total. The Morgan fingerprint density at radius 3 is 2.61 bits per heavy atom. The van der Waals surface area contributed by atoms with Crippen LogP contribution in [0.4, 0.5) is 8.78 Å². The van der Waals surface area contributed by atoms with Crippen LogP contribution in [0.1, 0.15) is 22.3 Å². The molecule has 1 atom stereocenters. The van der Waals surface area contributed by atoms with Crippen LogP contribution in [0.25, 0.3) is 0 Å². The molecule has 3 nitrogen and oxygen atoms in total. The Morgan fingerprint density at radius 2 is 2.06 bits per heavy atom. The molecule has 6 heteroatoms. The van der Waals surface area contributed by atoms with Crippen LogP contribution in [0.5, 0.6) is 0 Å². The molecule has 18 heavy (non-hydrogen) atoms. The van der Waals surface area contributed by atoms with E-state index in [1.165, 1.54) is 17.9 Å². The van der Waals surface area contributed by atoms with Gasteiger partial charge in [0.15, 0.2) is 0 Å². The Bertz CT molecular complexity index is 468. The van der Waals surface area contributed by atoms with Gasteiger partial charge in [-0.05, 0) is 25.0 Å². The topological polar surface area (TPSA) is 46.3 Å². The highest BCUT2D eigenvalue weighted by Gasteiger charge is 2.26. The number of nitrogens with two attached hydrogens (primary N) is 1. The summed E-state index contributed by atoms with van der Waals surface area (Å²) in [5, 5.41) is 0. The number of aryl methyl sites for hydroxylation is 1. The van der Waals surface area contributed by atoms with Crippen LogP contribution in [-0.4, -0.2) is 29.9 Å². The minimum atomic E-state index is -0.821. The lowest BCUT2D eigenvalue weighted by atomic mass is 10.1. The summed E-state index contributed by atoms with van der Waals surface area (Å²) in [4.78, 5) is 13.5. The number of carbonyl (C=O) groups is 1. The molecule has 1 aromatic carbocycles. The van der Waals surface area contributed by atoms with E-state index in [9.17, 15) is 13.6 Å². The van der Waals surface area contributed by atoms with Crippen molar-refractivity contribution in [2.45, 2.75) is 19.4 Å². The van der Waals surface area contributed by atoms with Gasteiger partial charge in [-0.1, -0.05) is 0 Å². The van der Waals surface area contributed by atoms with Crippen LogP contribution in [0.15, 0.2) is 12.1 Å². The van der Waals surface area contributed by atoms with Crippen molar-refractivity contribution >= 4 is 18.3 Å². The van der Waals surface area contributed by atoms with E-state index in [-0.39, 0.29) is 29.6 Å². The van der Waals surface area contributed by atoms with Crippen LogP contribution in [-0.2, 0) is 0 Å². The molecular weight excluding hydrogens is 262 g/mol. The van der Waals surface area contributed by atoms with Crippen LogP contribution in [0.3, 0.4) is 0 Å².